The van der Waals surface area contributed by atoms with Crippen molar-refractivity contribution < 1.29 is 19.8 Å². The highest BCUT2D eigenvalue weighted by molar-refractivity contribution is 5.87. The van der Waals surface area contributed by atoms with Gasteiger partial charge >= 0.3 is 11.9 Å². The van der Waals surface area contributed by atoms with Crippen LogP contribution in [0.4, 0.5) is 0 Å². The highest BCUT2D eigenvalue weighted by atomic mass is 16.4. The highest BCUT2D eigenvalue weighted by Crippen LogP contribution is 1.93. The van der Waals surface area contributed by atoms with Gasteiger partial charge in [-0.3, -0.25) is 0 Å². The Bertz CT molecular complexity index is 457. The minimum Gasteiger partial charge on any atom is -0.472 e. The van der Waals surface area contributed by atoms with Crippen LogP contribution in [0.25, 0.3) is 0 Å². The van der Waals surface area contributed by atoms with E-state index in [0.29, 0.717) is 0 Å². The standard InChI is InChI=1S/C9H6O2.C3H2O2/c10-9(11)7-6-8-4-2-1-3-5-8;1-2-3(4)5/h1-5H,(H,10,11);1H,(H,4,5). The van der Waals surface area contributed by atoms with E-state index in [1.807, 2.05) is 24.1 Å². The maximum Gasteiger partial charge on any atom is 0.382 e. The molecule has 0 aromatic heterocycles. The summed E-state index contributed by atoms with van der Waals surface area (Å²) in [6.45, 7) is 0. The van der Waals surface area contributed by atoms with Gasteiger partial charge in [0.05, 0.1) is 0 Å². The minimum absolute atomic E-state index is 0.718. The van der Waals surface area contributed by atoms with E-state index in [-0.39, 0.29) is 0 Å². The molecule has 0 bridgehead atoms. The van der Waals surface area contributed by atoms with Crippen LogP contribution >= 0.6 is 0 Å². The van der Waals surface area contributed by atoms with E-state index in [1.165, 1.54) is 5.92 Å². The van der Waals surface area contributed by atoms with Gasteiger partial charge in [-0.1, -0.05) is 24.1 Å². The lowest BCUT2D eigenvalue weighted by Gasteiger charge is -1.83. The Morgan fingerprint density at radius 3 is 1.94 bits per heavy atom. The maximum absolute atomic E-state index is 10.00. The molecule has 0 aliphatic rings. The predicted molar refractivity (Wildman–Crippen MR) is 57.4 cm³/mol. The van der Waals surface area contributed by atoms with Gasteiger partial charge in [0.2, 0.25) is 0 Å². The topological polar surface area (TPSA) is 74.6 Å². The van der Waals surface area contributed by atoms with Crippen LogP contribution in [0.1, 0.15) is 5.56 Å². The molecule has 0 atom stereocenters. The van der Waals surface area contributed by atoms with Gasteiger partial charge < -0.3 is 10.2 Å². The number of aliphatic carboxylic acids is 2. The fourth-order valence-electron chi connectivity index (χ4n) is 0.647. The SMILES string of the molecule is C#CC(=O)O.O=C(O)C#Cc1ccccc1. The first-order valence-corrected chi connectivity index (χ1v) is 4.05. The second-order valence-electron chi connectivity index (χ2n) is 2.37. The molecule has 1 aromatic rings. The van der Waals surface area contributed by atoms with Crippen molar-refractivity contribution in [2.24, 2.45) is 0 Å². The molecule has 0 fully saturated rings. The lowest BCUT2D eigenvalue weighted by molar-refractivity contribution is -0.131. The van der Waals surface area contributed by atoms with Crippen LogP contribution in [0.5, 0.6) is 0 Å². The number of carboxylic acid groups (broad SMARTS) is 2. The monoisotopic (exact) mass is 216 g/mol. The molecule has 16 heavy (non-hydrogen) atoms. The predicted octanol–water partition coefficient (Wildman–Crippen LogP) is 0.827. The van der Waals surface area contributed by atoms with Crippen molar-refractivity contribution >= 4 is 11.9 Å². The zero-order valence-corrected chi connectivity index (χ0v) is 8.18. The summed E-state index contributed by atoms with van der Waals surface area (Å²) in [7, 11) is 0. The second-order valence-corrected chi connectivity index (χ2v) is 2.37. The van der Waals surface area contributed by atoms with Gasteiger partial charge in [0.1, 0.15) is 0 Å². The maximum atomic E-state index is 10.00. The summed E-state index contributed by atoms with van der Waals surface area (Å²) in [5.74, 6) is 3.65. The van der Waals surface area contributed by atoms with Gasteiger partial charge in [0, 0.05) is 17.4 Å². The molecule has 80 valence electrons. The summed E-state index contributed by atoms with van der Waals surface area (Å²) >= 11 is 0. The lowest BCUT2D eigenvalue weighted by atomic mass is 10.2. The normalized spacial score (nSPS) is 7.19. The van der Waals surface area contributed by atoms with Crippen molar-refractivity contribution in [2.45, 2.75) is 0 Å². The highest BCUT2D eigenvalue weighted by Gasteiger charge is 1.84. The van der Waals surface area contributed by atoms with Gasteiger partial charge in [0.25, 0.3) is 0 Å². The minimum atomic E-state index is -1.22. The first-order valence-electron chi connectivity index (χ1n) is 4.05. The van der Waals surface area contributed by atoms with E-state index in [2.05, 4.69) is 12.3 Å². The summed E-state index contributed by atoms with van der Waals surface area (Å²) in [6.07, 6.45) is 4.32. The smallest absolute Gasteiger partial charge is 0.382 e. The van der Waals surface area contributed by atoms with Crippen molar-refractivity contribution in [3.63, 3.8) is 0 Å². The third kappa shape index (κ3) is 7.90. The van der Waals surface area contributed by atoms with E-state index < -0.39 is 11.9 Å². The molecule has 0 saturated carbocycles. The lowest BCUT2D eigenvalue weighted by Crippen LogP contribution is -1.86. The zero-order valence-electron chi connectivity index (χ0n) is 8.18. The van der Waals surface area contributed by atoms with E-state index in [1.54, 1.807) is 12.1 Å². The molecule has 0 unspecified atom stereocenters. The molecule has 1 aromatic carbocycles. The fraction of sp³-hybridized carbons (Fsp3) is 0. The van der Waals surface area contributed by atoms with Crippen molar-refractivity contribution in [3.8, 4) is 24.2 Å². The Balaban J connectivity index is 0.000000385. The molecule has 0 spiro atoms. The Morgan fingerprint density at radius 1 is 1.06 bits per heavy atom. The second kappa shape index (κ2) is 7.66. The van der Waals surface area contributed by atoms with Gasteiger partial charge in [0.15, 0.2) is 0 Å². The van der Waals surface area contributed by atoms with Crippen LogP contribution in [0.3, 0.4) is 0 Å². The summed E-state index contributed by atoms with van der Waals surface area (Å²) in [5.41, 5.74) is 0.718. The van der Waals surface area contributed by atoms with Crippen LogP contribution in [-0.4, -0.2) is 22.2 Å². The summed E-state index contributed by atoms with van der Waals surface area (Å²) in [6, 6.07) is 9.00. The van der Waals surface area contributed by atoms with Gasteiger partial charge in [-0.2, -0.15) is 0 Å². The molecular weight excluding hydrogens is 208 g/mol. The van der Waals surface area contributed by atoms with Gasteiger partial charge in [-0.05, 0) is 12.1 Å². The fourth-order valence-corrected chi connectivity index (χ4v) is 0.647. The quantitative estimate of drug-likeness (QED) is 0.630. The van der Waals surface area contributed by atoms with Crippen LogP contribution in [0.15, 0.2) is 30.3 Å². The largest absolute Gasteiger partial charge is 0.472 e. The average Bonchev–Trinajstić information content (AvgIpc) is 2.28. The third-order valence-electron chi connectivity index (χ3n) is 1.21. The molecule has 4 nitrogen and oxygen atoms in total. The van der Waals surface area contributed by atoms with E-state index in [9.17, 15) is 4.79 Å². The molecule has 0 amide bonds. The molecule has 0 saturated heterocycles. The van der Waals surface area contributed by atoms with Crippen LogP contribution in [0.2, 0.25) is 0 Å². The summed E-state index contributed by atoms with van der Waals surface area (Å²) < 4.78 is 0. The number of carbonyl (C=O) groups is 2. The average molecular weight is 216 g/mol. The number of carboxylic acids is 2. The molecule has 2 N–H and O–H groups in total. The number of terminal acetylenes is 1. The summed E-state index contributed by atoms with van der Waals surface area (Å²) in [4.78, 5) is 19.1. The van der Waals surface area contributed by atoms with Crippen LogP contribution < -0.4 is 0 Å². The van der Waals surface area contributed by atoms with E-state index in [4.69, 9.17) is 15.0 Å². The Morgan fingerprint density at radius 2 is 1.56 bits per heavy atom. The number of rotatable bonds is 0. The van der Waals surface area contributed by atoms with E-state index in [0.717, 1.165) is 5.56 Å². The Hall–Kier alpha value is -2.72. The van der Waals surface area contributed by atoms with Crippen LogP contribution in [0, 0.1) is 24.2 Å². The molecular formula is C12H8O4. The zero-order chi connectivity index (χ0) is 12.4. The van der Waals surface area contributed by atoms with Crippen LogP contribution in [-0.2, 0) is 9.59 Å². The van der Waals surface area contributed by atoms with Gasteiger partial charge in [-0.25, -0.2) is 9.59 Å². The molecule has 0 heterocycles. The summed E-state index contributed by atoms with van der Waals surface area (Å²) in [5, 5.41) is 15.7. The molecule has 0 aliphatic carbocycles. The van der Waals surface area contributed by atoms with Crippen molar-refractivity contribution in [1.82, 2.24) is 0 Å². The number of benzene rings is 1. The van der Waals surface area contributed by atoms with Gasteiger partial charge in [-0.15, -0.1) is 6.42 Å². The third-order valence-corrected chi connectivity index (χ3v) is 1.21. The molecule has 1 rings (SSSR count). The Labute approximate surface area is 92.5 Å². The molecule has 0 radical (unpaired) electrons. The molecule has 0 aliphatic heterocycles. The number of hydrogen-bond donors (Lipinski definition) is 2. The van der Waals surface area contributed by atoms with E-state index >= 15 is 0 Å². The van der Waals surface area contributed by atoms with Crippen molar-refractivity contribution in [3.05, 3.63) is 35.9 Å². The first kappa shape index (κ1) is 13.3. The Kier molecular flexibility index (Phi) is 6.36. The molecule has 4 heteroatoms. The van der Waals surface area contributed by atoms with Crippen molar-refractivity contribution in [1.29, 1.82) is 0 Å². The van der Waals surface area contributed by atoms with Crippen molar-refractivity contribution in [2.75, 3.05) is 0 Å². The number of hydrogen-bond acceptors (Lipinski definition) is 2. The first-order chi connectivity index (χ1) is 7.56.